The third-order valence-corrected chi connectivity index (χ3v) is 6.71. The van der Waals surface area contributed by atoms with Gasteiger partial charge in [-0.15, -0.1) is 0 Å². The van der Waals surface area contributed by atoms with Gasteiger partial charge in [0.15, 0.2) is 17.1 Å². The highest BCUT2D eigenvalue weighted by molar-refractivity contribution is 6.30. The Hall–Kier alpha value is -2.84. The predicted molar refractivity (Wildman–Crippen MR) is 136 cm³/mol. The lowest BCUT2D eigenvalue weighted by Crippen LogP contribution is -2.39. The molecule has 0 aliphatic heterocycles. The van der Waals surface area contributed by atoms with Crippen molar-refractivity contribution in [1.82, 2.24) is 19.4 Å². The van der Waals surface area contributed by atoms with Crippen LogP contribution in [0.2, 0.25) is 5.02 Å². The lowest BCUT2D eigenvalue weighted by molar-refractivity contribution is 0.0855. The Morgan fingerprint density at radius 1 is 1.29 bits per heavy atom. The van der Waals surface area contributed by atoms with Gasteiger partial charge in [-0.25, -0.2) is 4.98 Å². The average Bonchev–Trinajstić information content (AvgIpc) is 3.07. The molecular weight excluding hydrogens is 468 g/mol. The Morgan fingerprint density at radius 3 is 2.63 bits per heavy atom. The number of halogens is 1. The molecule has 2 N–H and O–H groups in total. The van der Waals surface area contributed by atoms with Crippen molar-refractivity contribution in [1.29, 1.82) is 0 Å². The normalized spacial score (nSPS) is 18.3. The van der Waals surface area contributed by atoms with Crippen molar-refractivity contribution >= 4 is 28.5 Å². The number of hydrogen-bond donors (Lipinski definition) is 2. The van der Waals surface area contributed by atoms with Gasteiger partial charge in [0, 0.05) is 24.5 Å². The molecule has 0 radical (unpaired) electrons. The first-order chi connectivity index (χ1) is 16.7. The summed E-state index contributed by atoms with van der Waals surface area (Å²) >= 11 is 6.16. The zero-order valence-corrected chi connectivity index (χ0v) is 21.4. The van der Waals surface area contributed by atoms with E-state index in [0.29, 0.717) is 60.5 Å². The molecule has 1 fully saturated rings. The molecule has 8 nitrogen and oxygen atoms in total. The monoisotopic (exact) mass is 500 g/mol. The zero-order chi connectivity index (χ0) is 25.3. The van der Waals surface area contributed by atoms with Crippen LogP contribution in [0.4, 0.5) is 0 Å². The van der Waals surface area contributed by atoms with Gasteiger partial charge in [-0.3, -0.25) is 14.2 Å². The van der Waals surface area contributed by atoms with E-state index in [9.17, 15) is 14.7 Å². The molecule has 1 aliphatic carbocycles. The van der Waals surface area contributed by atoms with Gasteiger partial charge in [0.25, 0.3) is 11.5 Å². The Balaban J connectivity index is 1.83. The Bertz CT molecular complexity index is 1290. The number of amides is 1. The molecule has 0 spiro atoms. The number of aliphatic hydroxyl groups is 1. The summed E-state index contributed by atoms with van der Waals surface area (Å²) in [4.78, 5) is 32.1. The number of benzene rings is 1. The first-order valence-corrected chi connectivity index (χ1v) is 12.6. The SMILES string of the molecule is CCc1nc2c(c(OC(C)C)c(C(=O)NC3CCC(O)CC3)n2C)c(=O)n1Cc1cccc(Cl)c1. The average molecular weight is 501 g/mol. The molecule has 9 heteroatoms. The van der Waals surface area contributed by atoms with Crippen molar-refractivity contribution in [2.45, 2.75) is 77.7 Å². The number of carbonyl (C=O) groups excluding carboxylic acids is 1. The van der Waals surface area contributed by atoms with Gasteiger partial charge in [0.1, 0.15) is 11.2 Å². The third kappa shape index (κ3) is 5.23. The fourth-order valence-corrected chi connectivity index (χ4v) is 4.95. The first-order valence-electron chi connectivity index (χ1n) is 12.2. The number of carbonyl (C=O) groups is 1. The van der Waals surface area contributed by atoms with Gasteiger partial charge in [0.05, 0.1) is 18.8 Å². The summed E-state index contributed by atoms with van der Waals surface area (Å²) in [5.41, 5.74) is 1.34. The third-order valence-electron chi connectivity index (χ3n) is 6.47. The van der Waals surface area contributed by atoms with Crippen LogP contribution in [0.25, 0.3) is 11.0 Å². The number of aromatic nitrogens is 3. The van der Waals surface area contributed by atoms with Crippen LogP contribution in [0.1, 0.15) is 68.3 Å². The number of ether oxygens (including phenoxy) is 1. The molecule has 0 unspecified atom stereocenters. The highest BCUT2D eigenvalue weighted by Crippen LogP contribution is 2.31. The Labute approximate surface area is 209 Å². The van der Waals surface area contributed by atoms with Crippen molar-refractivity contribution in [3.8, 4) is 5.75 Å². The molecule has 35 heavy (non-hydrogen) atoms. The van der Waals surface area contributed by atoms with Crippen molar-refractivity contribution in [2.75, 3.05) is 0 Å². The van der Waals surface area contributed by atoms with E-state index in [1.165, 1.54) is 0 Å². The fraction of sp³-hybridized carbons (Fsp3) is 0.500. The summed E-state index contributed by atoms with van der Waals surface area (Å²) in [6, 6.07) is 7.35. The van der Waals surface area contributed by atoms with E-state index in [2.05, 4.69) is 5.32 Å². The second-order valence-electron chi connectivity index (χ2n) is 9.48. The topological polar surface area (TPSA) is 98.4 Å². The van der Waals surface area contributed by atoms with Crippen LogP contribution in [-0.2, 0) is 20.0 Å². The molecule has 1 amide bonds. The largest absolute Gasteiger partial charge is 0.488 e. The summed E-state index contributed by atoms with van der Waals surface area (Å²) in [7, 11) is 1.74. The van der Waals surface area contributed by atoms with E-state index in [-0.39, 0.29) is 41.2 Å². The lowest BCUT2D eigenvalue weighted by Gasteiger charge is -2.26. The molecular formula is C26H33ClN4O4. The number of rotatable bonds is 7. The van der Waals surface area contributed by atoms with Gasteiger partial charge in [-0.1, -0.05) is 30.7 Å². The van der Waals surface area contributed by atoms with Crippen LogP contribution < -0.4 is 15.6 Å². The molecule has 2 heterocycles. The first kappa shape index (κ1) is 25.3. The van der Waals surface area contributed by atoms with E-state index in [1.54, 1.807) is 22.2 Å². The van der Waals surface area contributed by atoms with Gasteiger partial charge in [-0.05, 0) is 57.2 Å². The summed E-state index contributed by atoms with van der Waals surface area (Å²) in [5, 5.41) is 13.8. The Kier molecular flexibility index (Phi) is 7.52. The maximum atomic E-state index is 13.9. The van der Waals surface area contributed by atoms with Gasteiger partial charge >= 0.3 is 0 Å². The quantitative estimate of drug-likeness (QED) is 0.514. The van der Waals surface area contributed by atoms with E-state index < -0.39 is 0 Å². The summed E-state index contributed by atoms with van der Waals surface area (Å²) < 4.78 is 9.38. The van der Waals surface area contributed by atoms with E-state index >= 15 is 0 Å². The van der Waals surface area contributed by atoms with Crippen molar-refractivity contribution in [3.05, 3.63) is 56.7 Å². The molecule has 4 rings (SSSR count). The van der Waals surface area contributed by atoms with Gasteiger partial charge in [-0.2, -0.15) is 0 Å². The number of aliphatic hydroxyl groups excluding tert-OH is 1. The van der Waals surface area contributed by atoms with Crippen LogP contribution in [0.15, 0.2) is 29.1 Å². The van der Waals surface area contributed by atoms with Crippen molar-refractivity contribution in [2.24, 2.45) is 7.05 Å². The molecule has 0 atom stereocenters. The minimum absolute atomic E-state index is 0.0329. The highest BCUT2D eigenvalue weighted by Gasteiger charge is 2.30. The van der Waals surface area contributed by atoms with E-state index in [4.69, 9.17) is 21.3 Å². The number of fused-ring (bicyclic) bond motifs is 1. The molecule has 1 aliphatic rings. The number of aryl methyl sites for hydroxylation is 2. The van der Waals surface area contributed by atoms with Crippen LogP contribution in [-0.4, -0.2) is 43.4 Å². The summed E-state index contributed by atoms with van der Waals surface area (Å²) in [6.07, 6.45) is 2.72. The number of nitrogens with one attached hydrogen (secondary N) is 1. The summed E-state index contributed by atoms with van der Waals surface area (Å²) in [5.74, 6) is 0.569. The van der Waals surface area contributed by atoms with Crippen LogP contribution in [0.5, 0.6) is 5.75 Å². The Morgan fingerprint density at radius 2 is 2.00 bits per heavy atom. The zero-order valence-electron chi connectivity index (χ0n) is 20.7. The number of nitrogens with zero attached hydrogens (tertiary/aromatic N) is 3. The molecule has 188 valence electrons. The van der Waals surface area contributed by atoms with Crippen LogP contribution >= 0.6 is 11.6 Å². The van der Waals surface area contributed by atoms with E-state index in [1.807, 2.05) is 39.0 Å². The molecule has 3 aromatic rings. The van der Waals surface area contributed by atoms with Gasteiger partial charge in [0.2, 0.25) is 0 Å². The van der Waals surface area contributed by atoms with Crippen molar-refractivity contribution < 1.29 is 14.6 Å². The van der Waals surface area contributed by atoms with Gasteiger partial charge < -0.3 is 19.7 Å². The van der Waals surface area contributed by atoms with Crippen LogP contribution in [0.3, 0.4) is 0 Å². The molecule has 1 saturated carbocycles. The minimum Gasteiger partial charge on any atom is -0.488 e. The maximum Gasteiger partial charge on any atom is 0.272 e. The maximum absolute atomic E-state index is 13.9. The minimum atomic E-state index is -0.310. The summed E-state index contributed by atoms with van der Waals surface area (Å²) in [6.45, 7) is 5.98. The second-order valence-corrected chi connectivity index (χ2v) is 9.92. The standard InChI is InChI=1S/C26H33ClN4O4/c1-5-20-29-24-21(26(34)31(20)14-16-7-6-8-17(27)13-16)23(35-15(2)3)22(30(24)4)25(33)28-18-9-11-19(32)12-10-18/h6-8,13,15,18-19,32H,5,9-12,14H2,1-4H3,(H,28,33). The smallest absolute Gasteiger partial charge is 0.272 e. The fourth-order valence-electron chi connectivity index (χ4n) is 4.73. The molecule has 1 aromatic carbocycles. The van der Waals surface area contributed by atoms with E-state index in [0.717, 1.165) is 5.56 Å². The van der Waals surface area contributed by atoms with Crippen LogP contribution in [0, 0.1) is 0 Å². The van der Waals surface area contributed by atoms with Crippen molar-refractivity contribution in [3.63, 3.8) is 0 Å². The molecule has 2 aromatic heterocycles. The highest BCUT2D eigenvalue weighted by atomic mass is 35.5. The molecule has 0 saturated heterocycles. The lowest BCUT2D eigenvalue weighted by atomic mass is 9.93. The molecule has 0 bridgehead atoms. The number of hydrogen-bond acceptors (Lipinski definition) is 5. The second kappa shape index (κ2) is 10.4. The predicted octanol–water partition coefficient (Wildman–Crippen LogP) is 3.82.